The summed E-state index contributed by atoms with van der Waals surface area (Å²) in [5, 5.41) is 25.5. The lowest BCUT2D eigenvalue weighted by molar-refractivity contribution is 0.176. The van der Waals surface area contributed by atoms with Gasteiger partial charge in [-0.3, -0.25) is 10.1 Å². The molecule has 0 saturated carbocycles. The Balaban J connectivity index is 1.41. The van der Waals surface area contributed by atoms with Gasteiger partial charge in [0.1, 0.15) is 17.7 Å². The van der Waals surface area contributed by atoms with Crippen molar-refractivity contribution >= 4 is 39.1 Å². The minimum absolute atomic E-state index is 0.327. The molecule has 4 N–H and O–H groups in total. The molecule has 0 aliphatic heterocycles. The van der Waals surface area contributed by atoms with Crippen LogP contribution in [0.15, 0.2) is 59.7 Å². The summed E-state index contributed by atoms with van der Waals surface area (Å²) in [6, 6.07) is 8.95. The van der Waals surface area contributed by atoms with Gasteiger partial charge in [0, 0.05) is 40.5 Å². The van der Waals surface area contributed by atoms with E-state index in [0.29, 0.717) is 57.2 Å². The Morgan fingerprint density at radius 1 is 1.11 bits per heavy atom. The first-order valence-electron chi connectivity index (χ1n) is 11.9. The Labute approximate surface area is 215 Å². The van der Waals surface area contributed by atoms with Gasteiger partial charge in [-0.25, -0.2) is 14.4 Å². The lowest BCUT2D eigenvalue weighted by Gasteiger charge is -2.16. The van der Waals surface area contributed by atoms with Crippen molar-refractivity contribution in [2.75, 3.05) is 5.32 Å². The molecule has 10 heteroatoms. The molecule has 0 spiro atoms. The van der Waals surface area contributed by atoms with E-state index in [-0.39, 0.29) is 0 Å². The minimum atomic E-state index is -0.717. The SMILES string of the molecule is CC(C)CC(O)Nc1cncc(-c2cc3c(-c4nc5nccc(-c6ccsc6)c5[nH]4)n[nH]c3cc2F)c1. The number of anilines is 1. The van der Waals surface area contributed by atoms with Gasteiger partial charge in [0.2, 0.25) is 0 Å². The van der Waals surface area contributed by atoms with Gasteiger partial charge in [0.15, 0.2) is 11.5 Å². The maximum absolute atomic E-state index is 15.2. The average Bonchev–Trinajstić information content (AvgIpc) is 3.62. The topological polar surface area (TPSA) is 115 Å². The predicted molar refractivity (Wildman–Crippen MR) is 145 cm³/mol. The van der Waals surface area contributed by atoms with Crippen molar-refractivity contribution in [3.8, 4) is 33.8 Å². The van der Waals surface area contributed by atoms with Crippen molar-refractivity contribution < 1.29 is 9.50 Å². The van der Waals surface area contributed by atoms with Crippen LogP contribution in [-0.4, -0.2) is 41.5 Å². The number of hydrogen-bond donors (Lipinski definition) is 4. The highest BCUT2D eigenvalue weighted by Gasteiger charge is 2.18. The van der Waals surface area contributed by atoms with Crippen LogP contribution in [0.2, 0.25) is 0 Å². The van der Waals surface area contributed by atoms with E-state index in [1.165, 1.54) is 6.07 Å². The van der Waals surface area contributed by atoms with Gasteiger partial charge in [-0.2, -0.15) is 16.4 Å². The fraction of sp³-hybridized carbons (Fsp3) is 0.185. The second-order valence-electron chi connectivity index (χ2n) is 9.36. The first kappa shape index (κ1) is 23.3. The summed E-state index contributed by atoms with van der Waals surface area (Å²) in [6.45, 7) is 4.07. The molecule has 0 fully saturated rings. The third-order valence-electron chi connectivity index (χ3n) is 6.18. The molecule has 0 bridgehead atoms. The zero-order chi connectivity index (χ0) is 25.5. The number of benzene rings is 1. The third kappa shape index (κ3) is 4.45. The number of aliphatic hydroxyl groups excluding tert-OH is 1. The zero-order valence-corrected chi connectivity index (χ0v) is 21.0. The molecule has 1 atom stereocenters. The van der Waals surface area contributed by atoms with Crippen molar-refractivity contribution in [1.82, 2.24) is 30.1 Å². The molecule has 6 aromatic rings. The average molecular weight is 514 g/mol. The first-order valence-corrected chi connectivity index (χ1v) is 12.9. The highest BCUT2D eigenvalue weighted by atomic mass is 32.1. The summed E-state index contributed by atoms with van der Waals surface area (Å²) in [4.78, 5) is 16.7. The van der Waals surface area contributed by atoms with Gasteiger partial charge in [-0.15, -0.1) is 0 Å². The maximum atomic E-state index is 15.2. The van der Waals surface area contributed by atoms with Gasteiger partial charge < -0.3 is 15.4 Å². The van der Waals surface area contributed by atoms with Crippen LogP contribution in [0, 0.1) is 11.7 Å². The zero-order valence-electron chi connectivity index (χ0n) is 20.2. The van der Waals surface area contributed by atoms with Gasteiger partial charge in [-0.1, -0.05) is 13.8 Å². The van der Waals surface area contributed by atoms with Gasteiger partial charge in [-0.05, 0) is 52.9 Å². The monoisotopic (exact) mass is 513 g/mol. The summed E-state index contributed by atoms with van der Waals surface area (Å²) < 4.78 is 15.2. The van der Waals surface area contributed by atoms with Gasteiger partial charge in [0.05, 0.1) is 22.9 Å². The molecule has 186 valence electrons. The number of hydrogen-bond acceptors (Lipinski definition) is 7. The Hall–Kier alpha value is -4.15. The fourth-order valence-corrected chi connectivity index (χ4v) is 5.14. The van der Waals surface area contributed by atoms with Crippen molar-refractivity contribution in [1.29, 1.82) is 0 Å². The number of imidazole rings is 1. The van der Waals surface area contributed by atoms with E-state index in [1.807, 2.05) is 25.3 Å². The summed E-state index contributed by atoms with van der Waals surface area (Å²) in [5.74, 6) is 0.461. The molecule has 37 heavy (non-hydrogen) atoms. The summed E-state index contributed by atoms with van der Waals surface area (Å²) in [7, 11) is 0. The van der Waals surface area contributed by atoms with E-state index < -0.39 is 12.0 Å². The number of halogens is 1. The lowest BCUT2D eigenvalue weighted by atomic mass is 10.0. The van der Waals surface area contributed by atoms with Crippen molar-refractivity contribution in [3.63, 3.8) is 0 Å². The standard InChI is InChI=1S/C27H24FN7OS/c1-14(2)7-23(36)31-17-8-16(11-29-12-17)19-9-20-22(10-21(19)28)34-35-25(20)27-32-24-18(15-4-6-37-13-15)3-5-30-26(24)33-27/h3-6,8-14,23,31,36H,7H2,1-2H3,(H,34,35)(H,30,32,33). The number of rotatable bonds is 7. The summed E-state index contributed by atoms with van der Waals surface area (Å²) in [5.41, 5.74) is 6.18. The molecule has 0 aliphatic rings. The Kier molecular flexibility index (Phi) is 5.90. The molecule has 0 saturated heterocycles. The van der Waals surface area contributed by atoms with Crippen LogP contribution >= 0.6 is 11.3 Å². The molecule has 0 radical (unpaired) electrons. The molecular formula is C27H24FN7OS. The van der Waals surface area contributed by atoms with Crippen LogP contribution in [0.3, 0.4) is 0 Å². The Morgan fingerprint density at radius 2 is 2.00 bits per heavy atom. The molecular weight excluding hydrogens is 489 g/mol. The smallest absolute Gasteiger partial charge is 0.178 e. The quantitative estimate of drug-likeness (QED) is 0.189. The van der Waals surface area contributed by atoms with Gasteiger partial charge in [0.25, 0.3) is 0 Å². The van der Waals surface area contributed by atoms with Crippen molar-refractivity contribution in [2.24, 2.45) is 5.92 Å². The molecule has 1 aromatic carbocycles. The molecule has 0 aliphatic carbocycles. The number of nitrogens with one attached hydrogen (secondary N) is 3. The van der Waals surface area contributed by atoms with Crippen LogP contribution in [0.5, 0.6) is 0 Å². The van der Waals surface area contributed by atoms with Crippen molar-refractivity contribution in [2.45, 2.75) is 26.5 Å². The minimum Gasteiger partial charge on any atom is -0.374 e. The predicted octanol–water partition coefficient (Wildman–Crippen LogP) is 6.21. The third-order valence-corrected chi connectivity index (χ3v) is 6.86. The highest BCUT2D eigenvalue weighted by molar-refractivity contribution is 7.08. The Bertz CT molecular complexity index is 1710. The second-order valence-corrected chi connectivity index (χ2v) is 10.1. The van der Waals surface area contributed by atoms with Crippen LogP contribution < -0.4 is 5.32 Å². The number of aromatic nitrogens is 6. The highest BCUT2D eigenvalue weighted by Crippen LogP contribution is 2.34. The number of pyridine rings is 2. The maximum Gasteiger partial charge on any atom is 0.178 e. The number of aliphatic hydroxyl groups is 1. The molecule has 6 rings (SSSR count). The van der Waals surface area contributed by atoms with Crippen molar-refractivity contribution in [3.05, 3.63) is 65.5 Å². The first-order chi connectivity index (χ1) is 18.0. The normalized spacial score (nSPS) is 12.6. The van der Waals surface area contributed by atoms with Crippen LogP contribution in [-0.2, 0) is 0 Å². The van der Waals surface area contributed by atoms with Crippen LogP contribution in [0.4, 0.5) is 10.1 Å². The number of thiophene rings is 1. The van der Waals surface area contributed by atoms with Crippen LogP contribution in [0.25, 0.3) is 55.8 Å². The Morgan fingerprint density at radius 3 is 2.81 bits per heavy atom. The fourth-order valence-electron chi connectivity index (χ4n) is 4.49. The molecule has 5 aromatic heterocycles. The van der Waals surface area contributed by atoms with E-state index in [2.05, 4.69) is 46.9 Å². The lowest BCUT2D eigenvalue weighted by Crippen LogP contribution is -2.20. The van der Waals surface area contributed by atoms with E-state index in [1.54, 1.807) is 42.1 Å². The number of nitrogens with zero attached hydrogens (tertiary/aromatic N) is 4. The molecule has 5 heterocycles. The van der Waals surface area contributed by atoms with E-state index in [4.69, 9.17) is 0 Å². The van der Waals surface area contributed by atoms with Gasteiger partial charge >= 0.3 is 0 Å². The summed E-state index contributed by atoms with van der Waals surface area (Å²) >= 11 is 1.63. The van der Waals surface area contributed by atoms with E-state index in [9.17, 15) is 5.11 Å². The van der Waals surface area contributed by atoms with Crippen LogP contribution in [0.1, 0.15) is 20.3 Å². The molecule has 0 amide bonds. The van der Waals surface area contributed by atoms with E-state index >= 15 is 4.39 Å². The number of fused-ring (bicyclic) bond motifs is 2. The molecule has 1 unspecified atom stereocenters. The largest absolute Gasteiger partial charge is 0.374 e. The number of H-pyrrole nitrogens is 2. The number of aromatic amines is 2. The second kappa shape index (κ2) is 9.38. The van der Waals surface area contributed by atoms with E-state index in [0.717, 1.165) is 16.6 Å². The molecule has 8 nitrogen and oxygen atoms in total. The summed E-state index contributed by atoms with van der Waals surface area (Å²) in [6.07, 6.45) is 4.82.